The molecule has 0 aromatic carbocycles. The Morgan fingerprint density at radius 2 is 2.33 bits per heavy atom. The van der Waals surface area contributed by atoms with Crippen LogP contribution in [0.2, 0.25) is 0 Å². The van der Waals surface area contributed by atoms with Crippen molar-refractivity contribution in [2.45, 2.75) is 19.1 Å². The Kier molecular flexibility index (Phi) is 5.21. The van der Waals surface area contributed by atoms with Crippen molar-refractivity contribution in [2.75, 3.05) is 18.5 Å². The highest BCUT2D eigenvalue weighted by Crippen LogP contribution is 2.26. The van der Waals surface area contributed by atoms with Crippen molar-refractivity contribution in [1.29, 1.82) is 0 Å². The van der Waals surface area contributed by atoms with E-state index in [1.807, 2.05) is 6.07 Å². The van der Waals surface area contributed by atoms with E-state index in [2.05, 4.69) is 31.2 Å². The van der Waals surface area contributed by atoms with E-state index in [0.29, 0.717) is 30.1 Å². The highest BCUT2D eigenvalue weighted by molar-refractivity contribution is 9.10. The summed E-state index contributed by atoms with van der Waals surface area (Å²) < 4.78 is 11.6. The van der Waals surface area contributed by atoms with Gasteiger partial charge in [0.2, 0.25) is 11.7 Å². The lowest BCUT2D eigenvalue weighted by atomic mass is 10.2. The van der Waals surface area contributed by atoms with Crippen molar-refractivity contribution in [2.24, 2.45) is 0 Å². The van der Waals surface area contributed by atoms with Crippen LogP contribution in [0.25, 0.3) is 0 Å². The number of anilines is 1. The fraction of sp³-hybridized carbons (Fsp3) is 0.333. The molecule has 0 radical (unpaired) electrons. The number of nitrogens with one attached hydrogen (secondary N) is 1. The summed E-state index contributed by atoms with van der Waals surface area (Å²) >= 11 is 3.18. The Morgan fingerprint density at radius 3 is 3.08 bits per heavy atom. The Bertz CT molecular complexity index is 737. The minimum absolute atomic E-state index is 0.0231. The first-order chi connectivity index (χ1) is 11.6. The third-order valence-corrected chi connectivity index (χ3v) is 3.90. The largest absolute Gasteiger partial charge is 0.472 e. The Morgan fingerprint density at radius 1 is 1.46 bits per heavy atom. The first-order valence-corrected chi connectivity index (χ1v) is 8.14. The first kappa shape index (κ1) is 16.6. The summed E-state index contributed by atoms with van der Waals surface area (Å²) in [5.41, 5.74) is 0.802. The maximum Gasteiger partial charge on any atom is 0.312 e. The fourth-order valence-corrected chi connectivity index (χ4v) is 2.61. The van der Waals surface area contributed by atoms with Gasteiger partial charge in [-0.15, -0.1) is 0 Å². The van der Waals surface area contributed by atoms with Crippen LogP contribution in [0.4, 0.5) is 11.5 Å². The van der Waals surface area contributed by atoms with Crippen LogP contribution in [-0.2, 0) is 11.3 Å². The molecule has 1 unspecified atom stereocenters. The number of rotatable bonds is 6. The van der Waals surface area contributed by atoms with E-state index in [0.717, 1.165) is 12.0 Å². The summed E-state index contributed by atoms with van der Waals surface area (Å²) in [5.74, 6) is 0.731. The van der Waals surface area contributed by atoms with Crippen molar-refractivity contribution < 1.29 is 14.4 Å². The van der Waals surface area contributed by atoms with E-state index in [4.69, 9.17) is 9.47 Å². The van der Waals surface area contributed by atoms with Crippen molar-refractivity contribution in [3.05, 3.63) is 50.7 Å². The van der Waals surface area contributed by atoms with Gasteiger partial charge in [0, 0.05) is 42.0 Å². The van der Waals surface area contributed by atoms with Crippen LogP contribution in [0, 0.1) is 10.1 Å². The predicted molar refractivity (Wildman–Crippen MR) is 90.0 cm³/mol. The van der Waals surface area contributed by atoms with Crippen molar-refractivity contribution >= 4 is 27.4 Å². The molecule has 1 aliphatic rings. The minimum Gasteiger partial charge on any atom is -0.472 e. The molecule has 1 atom stereocenters. The lowest BCUT2D eigenvalue weighted by Crippen LogP contribution is -2.16. The van der Waals surface area contributed by atoms with Gasteiger partial charge < -0.3 is 14.8 Å². The molecule has 1 N–H and O–H groups in total. The van der Waals surface area contributed by atoms with E-state index >= 15 is 0 Å². The zero-order chi connectivity index (χ0) is 16.9. The van der Waals surface area contributed by atoms with Gasteiger partial charge in [-0.2, -0.15) is 0 Å². The molecule has 3 rings (SSSR count). The van der Waals surface area contributed by atoms with Crippen molar-refractivity contribution in [3.63, 3.8) is 0 Å². The fourth-order valence-electron chi connectivity index (χ4n) is 2.29. The van der Waals surface area contributed by atoms with Crippen molar-refractivity contribution in [1.82, 2.24) is 9.97 Å². The molecule has 1 saturated heterocycles. The SMILES string of the molecule is O=[N+]([O-])c1cc(Br)cnc1NCc1ccnc(OC2CCOC2)c1. The molecule has 1 fully saturated rings. The average molecular weight is 395 g/mol. The van der Waals surface area contributed by atoms with E-state index in [9.17, 15) is 10.1 Å². The molecule has 3 heterocycles. The van der Waals surface area contributed by atoms with Gasteiger partial charge in [-0.1, -0.05) is 0 Å². The van der Waals surface area contributed by atoms with E-state index < -0.39 is 4.92 Å². The minimum atomic E-state index is -0.471. The number of halogens is 1. The molecular formula is C15H15BrN4O4. The molecule has 8 nitrogen and oxygen atoms in total. The van der Waals surface area contributed by atoms with Crippen molar-refractivity contribution in [3.8, 4) is 5.88 Å². The highest BCUT2D eigenvalue weighted by Gasteiger charge is 2.18. The van der Waals surface area contributed by atoms with Gasteiger partial charge in [0.25, 0.3) is 0 Å². The molecule has 2 aromatic heterocycles. The average Bonchev–Trinajstić information content (AvgIpc) is 3.07. The summed E-state index contributed by atoms with van der Waals surface area (Å²) in [6, 6.07) is 5.03. The van der Waals surface area contributed by atoms with Gasteiger partial charge in [-0.05, 0) is 27.6 Å². The number of aromatic nitrogens is 2. The van der Waals surface area contributed by atoms with Crippen LogP contribution in [0.1, 0.15) is 12.0 Å². The van der Waals surface area contributed by atoms with E-state index in [1.165, 1.54) is 12.3 Å². The Balaban J connectivity index is 1.67. The number of hydrogen-bond acceptors (Lipinski definition) is 7. The zero-order valence-corrected chi connectivity index (χ0v) is 14.2. The summed E-state index contributed by atoms with van der Waals surface area (Å²) in [7, 11) is 0. The number of nitro groups is 1. The van der Waals surface area contributed by atoms with Crippen LogP contribution < -0.4 is 10.1 Å². The Hall–Kier alpha value is -2.26. The number of nitrogens with zero attached hydrogens (tertiary/aromatic N) is 3. The van der Waals surface area contributed by atoms with Gasteiger partial charge in [-0.3, -0.25) is 10.1 Å². The monoisotopic (exact) mass is 394 g/mol. The molecule has 2 aromatic rings. The number of hydrogen-bond donors (Lipinski definition) is 1. The molecule has 1 aliphatic heterocycles. The second-order valence-corrected chi connectivity index (χ2v) is 6.15. The second kappa shape index (κ2) is 7.54. The van der Waals surface area contributed by atoms with Crippen LogP contribution in [-0.4, -0.2) is 34.2 Å². The molecule has 0 bridgehead atoms. The molecular weight excluding hydrogens is 380 g/mol. The van der Waals surface area contributed by atoms with Crippen LogP contribution in [0.15, 0.2) is 35.1 Å². The van der Waals surface area contributed by atoms with Crippen LogP contribution in [0.5, 0.6) is 5.88 Å². The van der Waals surface area contributed by atoms with Gasteiger partial charge in [0.1, 0.15) is 6.10 Å². The molecule has 24 heavy (non-hydrogen) atoms. The van der Waals surface area contributed by atoms with Crippen LogP contribution in [0.3, 0.4) is 0 Å². The summed E-state index contributed by atoms with van der Waals surface area (Å²) in [6.07, 6.45) is 4.02. The normalized spacial score (nSPS) is 16.8. The topological polar surface area (TPSA) is 99.4 Å². The third kappa shape index (κ3) is 4.18. The standard InChI is InChI=1S/C15H15BrN4O4/c16-11-6-13(20(21)22)15(19-8-11)18-7-10-1-3-17-14(5-10)24-12-2-4-23-9-12/h1,3,5-6,8,12H,2,4,7,9H2,(H,18,19). The summed E-state index contributed by atoms with van der Waals surface area (Å²) in [5, 5.41) is 14.1. The van der Waals surface area contributed by atoms with Gasteiger partial charge in [-0.25, -0.2) is 9.97 Å². The molecule has 126 valence electrons. The highest BCUT2D eigenvalue weighted by atomic mass is 79.9. The summed E-state index contributed by atoms with van der Waals surface area (Å²) in [6.45, 7) is 1.64. The Labute approximate surface area is 146 Å². The molecule has 0 aliphatic carbocycles. The van der Waals surface area contributed by atoms with E-state index in [-0.39, 0.29) is 17.6 Å². The summed E-state index contributed by atoms with van der Waals surface area (Å²) in [4.78, 5) is 18.9. The predicted octanol–water partition coefficient (Wildman–Crippen LogP) is 2.93. The first-order valence-electron chi connectivity index (χ1n) is 7.35. The number of pyridine rings is 2. The quantitative estimate of drug-likeness (QED) is 0.593. The smallest absolute Gasteiger partial charge is 0.312 e. The van der Waals surface area contributed by atoms with Gasteiger partial charge >= 0.3 is 5.69 Å². The van der Waals surface area contributed by atoms with E-state index in [1.54, 1.807) is 12.3 Å². The lowest BCUT2D eigenvalue weighted by molar-refractivity contribution is -0.384. The molecule has 0 saturated carbocycles. The molecule has 0 spiro atoms. The lowest BCUT2D eigenvalue weighted by Gasteiger charge is -2.12. The maximum atomic E-state index is 11.1. The number of ether oxygens (including phenoxy) is 2. The zero-order valence-electron chi connectivity index (χ0n) is 12.6. The van der Waals surface area contributed by atoms with Gasteiger partial charge in [0.15, 0.2) is 0 Å². The second-order valence-electron chi connectivity index (χ2n) is 5.24. The molecule has 9 heteroatoms. The van der Waals surface area contributed by atoms with Gasteiger partial charge in [0.05, 0.1) is 18.1 Å². The maximum absolute atomic E-state index is 11.1. The van der Waals surface area contributed by atoms with Crippen LogP contribution >= 0.6 is 15.9 Å². The molecule has 0 amide bonds. The third-order valence-electron chi connectivity index (χ3n) is 3.47.